The predicted octanol–water partition coefficient (Wildman–Crippen LogP) is 4.09. The Morgan fingerprint density at radius 2 is 2.11 bits per heavy atom. The fourth-order valence-electron chi connectivity index (χ4n) is 1.84. The molecular formula is C14H21ClN2OSi. The smallest absolute Gasteiger partial charge is 0.124 e. The summed E-state index contributed by atoms with van der Waals surface area (Å²) in [6, 6.07) is 7.31. The van der Waals surface area contributed by atoms with Crippen molar-refractivity contribution in [2.75, 3.05) is 6.61 Å². The number of ether oxygens (including phenoxy) is 1. The van der Waals surface area contributed by atoms with Crippen LogP contribution >= 0.6 is 11.6 Å². The summed E-state index contributed by atoms with van der Waals surface area (Å²) < 4.78 is 7.79. The van der Waals surface area contributed by atoms with Gasteiger partial charge in [-0.1, -0.05) is 25.7 Å². The van der Waals surface area contributed by atoms with Crippen molar-refractivity contribution >= 4 is 30.7 Å². The van der Waals surface area contributed by atoms with Crippen molar-refractivity contribution in [3.8, 4) is 0 Å². The number of alkyl halides is 1. The van der Waals surface area contributed by atoms with Gasteiger partial charge in [0, 0.05) is 20.6 Å². The van der Waals surface area contributed by atoms with Crippen LogP contribution in [-0.2, 0) is 17.3 Å². The molecule has 19 heavy (non-hydrogen) atoms. The Labute approximate surface area is 120 Å². The van der Waals surface area contributed by atoms with Crippen molar-refractivity contribution in [1.82, 2.24) is 9.55 Å². The first-order valence-corrected chi connectivity index (χ1v) is 10.8. The first kappa shape index (κ1) is 14.6. The highest BCUT2D eigenvalue weighted by molar-refractivity contribution is 6.76. The van der Waals surface area contributed by atoms with Crippen LogP contribution in [0, 0.1) is 0 Å². The fourth-order valence-corrected chi connectivity index (χ4v) is 2.76. The van der Waals surface area contributed by atoms with Crippen LogP contribution in [0.15, 0.2) is 24.5 Å². The minimum atomic E-state index is -1.01. The molecule has 1 heterocycles. The van der Waals surface area contributed by atoms with Gasteiger partial charge in [0.2, 0.25) is 0 Å². The fraction of sp³-hybridized carbons (Fsp3) is 0.500. The molecule has 0 amide bonds. The van der Waals surface area contributed by atoms with E-state index in [0.717, 1.165) is 23.2 Å². The monoisotopic (exact) mass is 296 g/mol. The standard InChI is InChI=1S/C14H21ClN2OSi/c1-19(2,3)7-6-18-11-17-10-16-13-8-12(9-15)4-5-14(13)17/h4-5,8,10H,6-7,9,11H2,1-3H3. The quantitative estimate of drug-likeness (QED) is 0.456. The predicted molar refractivity (Wildman–Crippen MR) is 83.4 cm³/mol. The summed E-state index contributed by atoms with van der Waals surface area (Å²) in [6.07, 6.45) is 1.83. The Morgan fingerprint density at radius 1 is 1.32 bits per heavy atom. The summed E-state index contributed by atoms with van der Waals surface area (Å²) in [7, 11) is -1.01. The molecule has 0 aliphatic carbocycles. The average molecular weight is 297 g/mol. The van der Waals surface area contributed by atoms with E-state index in [0.29, 0.717) is 12.6 Å². The van der Waals surface area contributed by atoms with Crippen LogP contribution in [0.4, 0.5) is 0 Å². The van der Waals surface area contributed by atoms with E-state index < -0.39 is 8.07 Å². The van der Waals surface area contributed by atoms with Crippen molar-refractivity contribution < 1.29 is 4.74 Å². The SMILES string of the molecule is C[Si](C)(C)CCOCn1cnc2cc(CCl)ccc21. The second-order valence-electron chi connectivity index (χ2n) is 6.02. The van der Waals surface area contributed by atoms with Gasteiger partial charge < -0.3 is 9.30 Å². The summed E-state index contributed by atoms with van der Waals surface area (Å²) in [5.41, 5.74) is 3.17. The molecule has 1 aromatic heterocycles. The molecule has 0 saturated carbocycles. The van der Waals surface area contributed by atoms with Gasteiger partial charge in [0.05, 0.1) is 17.4 Å². The number of benzene rings is 1. The van der Waals surface area contributed by atoms with Crippen LogP contribution in [0.3, 0.4) is 0 Å². The molecule has 3 nitrogen and oxygen atoms in total. The molecule has 0 aliphatic rings. The first-order valence-electron chi connectivity index (χ1n) is 6.57. The number of rotatable bonds is 6. The molecule has 0 unspecified atom stereocenters. The molecule has 0 aliphatic heterocycles. The lowest BCUT2D eigenvalue weighted by atomic mass is 10.2. The summed E-state index contributed by atoms with van der Waals surface area (Å²) in [6.45, 7) is 8.47. The first-order chi connectivity index (χ1) is 8.99. The van der Waals surface area contributed by atoms with Crippen molar-refractivity contribution in [1.29, 1.82) is 0 Å². The maximum atomic E-state index is 5.82. The minimum absolute atomic E-state index is 0.523. The van der Waals surface area contributed by atoms with Crippen molar-refractivity contribution in [3.63, 3.8) is 0 Å². The molecule has 0 bridgehead atoms. The zero-order chi connectivity index (χ0) is 13.9. The number of aromatic nitrogens is 2. The van der Waals surface area contributed by atoms with E-state index in [2.05, 4.69) is 30.7 Å². The molecule has 0 spiro atoms. The van der Waals surface area contributed by atoms with Gasteiger partial charge in [-0.05, 0) is 23.7 Å². The number of hydrogen-bond acceptors (Lipinski definition) is 2. The largest absolute Gasteiger partial charge is 0.361 e. The van der Waals surface area contributed by atoms with Crippen LogP contribution in [-0.4, -0.2) is 24.2 Å². The lowest BCUT2D eigenvalue weighted by Gasteiger charge is -2.15. The number of nitrogens with zero attached hydrogens (tertiary/aromatic N) is 2. The van der Waals surface area contributed by atoms with Crippen LogP contribution < -0.4 is 0 Å². The Bertz CT molecular complexity index is 548. The molecule has 0 atom stereocenters. The number of fused-ring (bicyclic) bond motifs is 1. The lowest BCUT2D eigenvalue weighted by Crippen LogP contribution is -2.21. The molecule has 0 radical (unpaired) electrons. The molecule has 0 fully saturated rings. The molecule has 2 rings (SSSR count). The minimum Gasteiger partial charge on any atom is -0.361 e. The third-order valence-corrected chi connectivity index (χ3v) is 5.08. The van der Waals surface area contributed by atoms with Crippen LogP contribution in [0.25, 0.3) is 11.0 Å². The Hall–Kier alpha value is -0.843. The van der Waals surface area contributed by atoms with Crippen LogP contribution in [0.1, 0.15) is 5.56 Å². The van der Waals surface area contributed by atoms with E-state index in [1.165, 1.54) is 6.04 Å². The summed E-state index contributed by atoms with van der Waals surface area (Å²) in [5, 5.41) is 0. The summed E-state index contributed by atoms with van der Waals surface area (Å²) >= 11 is 5.82. The van der Waals surface area contributed by atoms with Crippen molar-refractivity contribution in [3.05, 3.63) is 30.1 Å². The maximum Gasteiger partial charge on any atom is 0.124 e. The van der Waals surface area contributed by atoms with Gasteiger partial charge in [0.15, 0.2) is 0 Å². The van der Waals surface area contributed by atoms with E-state index in [9.17, 15) is 0 Å². The van der Waals surface area contributed by atoms with E-state index in [1.54, 1.807) is 0 Å². The molecule has 0 saturated heterocycles. The van der Waals surface area contributed by atoms with E-state index in [1.807, 2.05) is 23.0 Å². The summed E-state index contributed by atoms with van der Waals surface area (Å²) in [5.74, 6) is 0.523. The molecule has 0 N–H and O–H groups in total. The van der Waals surface area contributed by atoms with Gasteiger partial charge in [-0.3, -0.25) is 0 Å². The zero-order valence-corrected chi connectivity index (χ0v) is 13.6. The average Bonchev–Trinajstić information content (AvgIpc) is 2.75. The lowest BCUT2D eigenvalue weighted by molar-refractivity contribution is 0.0898. The number of imidazole rings is 1. The highest BCUT2D eigenvalue weighted by atomic mass is 35.5. The summed E-state index contributed by atoms with van der Waals surface area (Å²) in [4.78, 5) is 4.39. The van der Waals surface area contributed by atoms with Gasteiger partial charge >= 0.3 is 0 Å². The van der Waals surface area contributed by atoms with Crippen molar-refractivity contribution in [2.45, 2.75) is 38.3 Å². The Morgan fingerprint density at radius 3 is 2.79 bits per heavy atom. The van der Waals surface area contributed by atoms with Gasteiger partial charge in [-0.25, -0.2) is 4.98 Å². The number of hydrogen-bond donors (Lipinski definition) is 0. The van der Waals surface area contributed by atoms with Crippen molar-refractivity contribution in [2.24, 2.45) is 0 Å². The topological polar surface area (TPSA) is 27.1 Å². The number of halogens is 1. The molecule has 104 valence electrons. The molecular weight excluding hydrogens is 276 g/mol. The Kier molecular flexibility index (Phi) is 4.65. The molecule has 1 aromatic carbocycles. The zero-order valence-electron chi connectivity index (χ0n) is 11.8. The highest BCUT2D eigenvalue weighted by Gasteiger charge is 2.12. The second kappa shape index (κ2) is 6.07. The normalized spacial score (nSPS) is 12.2. The Balaban J connectivity index is 1.98. The maximum absolute atomic E-state index is 5.82. The van der Waals surface area contributed by atoms with Crippen LogP contribution in [0.2, 0.25) is 25.7 Å². The third-order valence-electron chi connectivity index (χ3n) is 3.07. The van der Waals surface area contributed by atoms with Gasteiger partial charge in [-0.15, -0.1) is 11.6 Å². The van der Waals surface area contributed by atoms with Gasteiger partial charge in [-0.2, -0.15) is 0 Å². The third kappa shape index (κ3) is 4.06. The highest BCUT2D eigenvalue weighted by Crippen LogP contribution is 2.16. The van der Waals surface area contributed by atoms with E-state index >= 15 is 0 Å². The second-order valence-corrected chi connectivity index (χ2v) is 11.9. The van der Waals surface area contributed by atoms with Gasteiger partial charge in [0.25, 0.3) is 0 Å². The van der Waals surface area contributed by atoms with E-state index in [4.69, 9.17) is 16.3 Å². The van der Waals surface area contributed by atoms with Gasteiger partial charge in [0.1, 0.15) is 6.73 Å². The molecule has 5 heteroatoms. The van der Waals surface area contributed by atoms with E-state index in [-0.39, 0.29) is 0 Å². The molecule has 2 aromatic rings. The van der Waals surface area contributed by atoms with Crippen LogP contribution in [0.5, 0.6) is 0 Å².